The van der Waals surface area contributed by atoms with Crippen molar-refractivity contribution in [2.45, 2.75) is 33.1 Å². The summed E-state index contributed by atoms with van der Waals surface area (Å²) in [5, 5.41) is 8.22. The fourth-order valence-electron chi connectivity index (χ4n) is 3.16. The molecular weight excluding hydrogens is 396 g/mol. The predicted octanol–water partition coefficient (Wildman–Crippen LogP) is 5.35. The van der Waals surface area contributed by atoms with Crippen LogP contribution in [0, 0.1) is 6.92 Å². The first-order valence-corrected chi connectivity index (χ1v) is 10.5. The highest BCUT2D eigenvalue weighted by Crippen LogP contribution is 2.31. The maximum Gasteiger partial charge on any atom is 0.256 e. The molecule has 0 aliphatic heterocycles. The molecule has 2 aromatic carbocycles. The highest BCUT2D eigenvalue weighted by molar-refractivity contribution is 7.20. The van der Waals surface area contributed by atoms with Gasteiger partial charge < -0.3 is 10.1 Å². The molecule has 0 saturated carbocycles. The molecule has 0 radical (unpaired) electrons. The van der Waals surface area contributed by atoms with E-state index in [1.807, 2.05) is 19.1 Å². The summed E-state index contributed by atoms with van der Waals surface area (Å²) >= 11 is 1.56. The Bertz CT molecular complexity index is 1230. The topological polar surface area (TPSA) is 69.0 Å². The summed E-state index contributed by atoms with van der Waals surface area (Å²) < 4.78 is 8.00. The zero-order chi connectivity index (χ0) is 21.5. The van der Waals surface area contributed by atoms with Gasteiger partial charge in [0.1, 0.15) is 11.6 Å². The molecule has 2 aromatic heterocycles. The zero-order valence-electron chi connectivity index (χ0n) is 17.7. The van der Waals surface area contributed by atoms with Crippen LogP contribution in [0.1, 0.15) is 42.4 Å². The van der Waals surface area contributed by atoms with Gasteiger partial charge in [-0.15, -0.1) is 0 Å². The number of nitrogens with zero attached hydrogens (tertiary/aromatic N) is 3. The quantitative estimate of drug-likeness (QED) is 0.483. The smallest absolute Gasteiger partial charge is 0.256 e. The molecule has 154 valence electrons. The number of hydrogen-bond acceptors (Lipinski definition) is 5. The molecule has 0 unspecified atom stereocenters. The highest BCUT2D eigenvalue weighted by atomic mass is 32.1. The fraction of sp³-hybridized carbons (Fsp3) is 0.261. The van der Waals surface area contributed by atoms with E-state index in [2.05, 4.69) is 43.3 Å². The number of nitrogens with one attached hydrogen (secondary N) is 1. The Balaban J connectivity index is 1.68. The van der Waals surface area contributed by atoms with E-state index in [0.717, 1.165) is 15.9 Å². The van der Waals surface area contributed by atoms with Crippen molar-refractivity contribution in [2.75, 3.05) is 12.4 Å². The van der Waals surface area contributed by atoms with Crippen LogP contribution in [0.2, 0.25) is 0 Å². The van der Waals surface area contributed by atoms with Crippen molar-refractivity contribution in [3.8, 4) is 10.9 Å². The van der Waals surface area contributed by atoms with Crippen molar-refractivity contribution >= 4 is 33.3 Å². The maximum absolute atomic E-state index is 12.8. The van der Waals surface area contributed by atoms with E-state index < -0.39 is 0 Å². The third-order valence-corrected chi connectivity index (χ3v) is 5.82. The van der Waals surface area contributed by atoms with Gasteiger partial charge in [-0.25, -0.2) is 4.98 Å². The fourth-order valence-corrected chi connectivity index (χ4v) is 4.13. The average molecular weight is 421 g/mol. The number of benzene rings is 2. The molecule has 0 aliphatic rings. The summed E-state index contributed by atoms with van der Waals surface area (Å²) in [5.41, 5.74) is 3.55. The van der Waals surface area contributed by atoms with E-state index in [9.17, 15) is 4.79 Å². The Hall–Kier alpha value is -3.19. The van der Waals surface area contributed by atoms with Gasteiger partial charge in [-0.05, 0) is 48.2 Å². The van der Waals surface area contributed by atoms with Crippen LogP contribution in [-0.2, 0) is 5.41 Å². The van der Waals surface area contributed by atoms with Crippen molar-refractivity contribution in [1.82, 2.24) is 14.8 Å². The number of aromatic nitrogens is 3. The largest absolute Gasteiger partial charge is 0.497 e. The monoisotopic (exact) mass is 420 g/mol. The van der Waals surface area contributed by atoms with Crippen LogP contribution in [0.4, 0.5) is 5.82 Å². The van der Waals surface area contributed by atoms with Gasteiger partial charge in [0.2, 0.25) is 5.13 Å². The molecule has 0 atom stereocenters. The lowest BCUT2D eigenvalue weighted by Gasteiger charge is -2.18. The van der Waals surface area contributed by atoms with E-state index in [1.54, 1.807) is 47.4 Å². The van der Waals surface area contributed by atoms with Gasteiger partial charge in [0.05, 0.1) is 23.0 Å². The van der Waals surface area contributed by atoms with Crippen LogP contribution in [0.15, 0.2) is 48.5 Å². The highest BCUT2D eigenvalue weighted by Gasteiger charge is 2.18. The normalized spacial score (nSPS) is 11.6. The summed E-state index contributed by atoms with van der Waals surface area (Å²) in [6.45, 7) is 8.47. The Morgan fingerprint density at radius 1 is 1.13 bits per heavy atom. The van der Waals surface area contributed by atoms with Crippen LogP contribution >= 0.6 is 11.3 Å². The summed E-state index contributed by atoms with van der Waals surface area (Å²) in [6.07, 6.45) is 0. The number of thiazole rings is 1. The molecule has 30 heavy (non-hydrogen) atoms. The van der Waals surface area contributed by atoms with Gasteiger partial charge in [-0.3, -0.25) is 4.79 Å². The molecule has 0 spiro atoms. The van der Waals surface area contributed by atoms with Crippen molar-refractivity contribution < 1.29 is 9.53 Å². The predicted molar refractivity (Wildman–Crippen MR) is 121 cm³/mol. The number of anilines is 1. The minimum Gasteiger partial charge on any atom is -0.497 e. The SMILES string of the molecule is COc1cccc(C(=O)Nc2cc(C)nn2-c2nc3ccc(C(C)(C)C)cc3s2)c1. The molecular formula is C23H24N4O2S. The molecule has 4 aromatic rings. The Kier molecular flexibility index (Phi) is 5.07. The van der Waals surface area contributed by atoms with Gasteiger partial charge >= 0.3 is 0 Å². The third-order valence-electron chi connectivity index (χ3n) is 4.83. The first-order valence-electron chi connectivity index (χ1n) is 9.68. The van der Waals surface area contributed by atoms with Crippen LogP contribution < -0.4 is 10.1 Å². The number of ether oxygens (including phenoxy) is 1. The summed E-state index contributed by atoms with van der Waals surface area (Å²) in [4.78, 5) is 17.5. The second kappa shape index (κ2) is 7.57. The van der Waals surface area contributed by atoms with E-state index in [0.29, 0.717) is 22.3 Å². The van der Waals surface area contributed by atoms with Crippen LogP contribution in [-0.4, -0.2) is 27.8 Å². The number of carbonyl (C=O) groups is 1. The van der Waals surface area contributed by atoms with Gasteiger partial charge in [0.25, 0.3) is 5.91 Å². The first kappa shape index (κ1) is 20.1. The first-order chi connectivity index (χ1) is 14.2. The van der Waals surface area contributed by atoms with Crippen molar-refractivity contribution in [2.24, 2.45) is 0 Å². The van der Waals surface area contributed by atoms with E-state index in [4.69, 9.17) is 9.72 Å². The van der Waals surface area contributed by atoms with E-state index in [-0.39, 0.29) is 11.3 Å². The van der Waals surface area contributed by atoms with Crippen LogP contribution in [0.5, 0.6) is 5.75 Å². The lowest BCUT2D eigenvalue weighted by Crippen LogP contribution is -2.15. The molecule has 1 N–H and O–H groups in total. The summed E-state index contributed by atoms with van der Waals surface area (Å²) in [7, 11) is 1.58. The Morgan fingerprint density at radius 2 is 1.93 bits per heavy atom. The average Bonchev–Trinajstić information content (AvgIpc) is 3.29. The van der Waals surface area contributed by atoms with Crippen molar-refractivity contribution in [3.63, 3.8) is 0 Å². The van der Waals surface area contributed by atoms with E-state index >= 15 is 0 Å². The number of methoxy groups -OCH3 is 1. The number of amides is 1. The second-order valence-corrected chi connectivity index (χ2v) is 9.21. The van der Waals surface area contributed by atoms with Gasteiger partial charge in [0.15, 0.2) is 0 Å². The third kappa shape index (κ3) is 3.93. The number of hydrogen-bond donors (Lipinski definition) is 1. The minimum absolute atomic E-state index is 0.0660. The lowest BCUT2D eigenvalue weighted by molar-refractivity contribution is 0.102. The minimum atomic E-state index is -0.230. The lowest BCUT2D eigenvalue weighted by atomic mass is 9.87. The molecule has 0 saturated heterocycles. The number of rotatable bonds is 4. The maximum atomic E-state index is 12.8. The van der Waals surface area contributed by atoms with Crippen molar-refractivity contribution in [3.05, 3.63) is 65.4 Å². The number of carbonyl (C=O) groups excluding carboxylic acids is 1. The molecule has 2 heterocycles. The van der Waals surface area contributed by atoms with E-state index in [1.165, 1.54) is 5.56 Å². The number of aryl methyl sites for hydroxylation is 1. The molecule has 1 amide bonds. The standard InChI is InChI=1S/C23H24N4O2S/c1-14-11-20(25-21(28)15-7-6-8-17(12-15)29-5)27(26-14)22-24-18-10-9-16(23(2,3)4)13-19(18)30-22/h6-13H,1-5H3,(H,25,28). The van der Waals surface area contributed by atoms with Gasteiger partial charge in [-0.2, -0.15) is 9.78 Å². The molecule has 0 aliphatic carbocycles. The van der Waals surface area contributed by atoms with Crippen LogP contribution in [0.3, 0.4) is 0 Å². The van der Waals surface area contributed by atoms with Gasteiger partial charge in [-0.1, -0.05) is 44.2 Å². The van der Waals surface area contributed by atoms with Crippen LogP contribution in [0.25, 0.3) is 15.3 Å². The van der Waals surface area contributed by atoms with Crippen molar-refractivity contribution in [1.29, 1.82) is 0 Å². The molecule has 0 bridgehead atoms. The van der Waals surface area contributed by atoms with Gasteiger partial charge in [0, 0.05) is 11.6 Å². The molecule has 0 fully saturated rings. The number of fused-ring (bicyclic) bond motifs is 1. The summed E-state index contributed by atoms with van der Waals surface area (Å²) in [6, 6.07) is 15.2. The molecule has 6 nitrogen and oxygen atoms in total. The molecule has 4 rings (SSSR count). The Labute approximate surface area is 179 Å². The Morgan fingerprint density at radius 3 is 2.67 bits per heavy atom. The zero-order valence-corrected chi connectivity index (χ0v) is 18.5. The molecule has 7 heteroatoms. The second-order valence-electron chi connectivity index (χ2n) is 8.20. The summed E-state index contributed by atoms with van der Waals surface area (Å²) in [5.74, 6) is 0.981.